The number of halogens is 2. The number of rotatable bonds is 8. The minimum absolute atomic E-state index is 0.102. The lowest BCUT2D eigenvalue weighted by molar-refractivity contribution is 0.0996. The standard InChI is InChI=1S/C24H22F2N6O3/c25-16-4-1-5-17(26)15(16)13-31-9-2-6-18(31)21-20(29-22(24(28)35)23(27)30-21)14-7-8-19(34)32(12-14)10-3-11-33/h1-2,4-9,12,33H,3,10-11,13H2,(H2,27,30)(H2,28,35). The summed E-state index contributed by atoms with van der Waals surface area (Å²) in [7, 11) is 0. The molecule has 3 heterocycles. The van der Waals surface area contributed by atoms with Crippen molar-refractivity contribution in [2.45, 2.75) is 19.5 Å². The Kier molecular flexibility index (Phi) is 6.69. The van der Waals surface area contributed by atoms with Gasteiger partial charge in [0.05, 0.1) is 12.2 Å². The number of hydrogen-bond donors (Lipinski definition) is 3. The Hall–Kier alpha value is -4.38. The first-order chi connectivity index (χ1) is 16.8. The van der Waals surface area contributed by atoms with Gasteiger partial charge < -0.3 is 25.7 Å². The lowest BCUT2D eigenvalue weighted by atomic mass is 10.1. The van der Waals surface area contributed by atoms with Gasteiger partial charge in [0.25, 0.3) is 11.5 Å². The zero-order valence-electron chi connectivity index (χ0n) is 18.5. The number of pyridine rings is 1. The van der Waals surface area contributed by atoms with E-state index in [1.165, 1.54) is 41.1 Å². The number of nitrogens with zero attached hydrogens (tertiary/aromatic N) is 4. The molecule has 11 heteroatoms. The van der Waals surface area contributed by atoms with Gasteiger partial charge >= 0.3 is 0 Å². The van der Waals surface area contributed by atoms with Crippen molar-refractivity contribution in [3.63, 3.8) is 0 Å². The Morgan fingerprint density at radius 2 is 1.74 bits per heavy atom. The molecule has 35 heavy (non-hydrogen) atoms. The van der Waals surface area contributed by atoms with E-state index in [1.807, 2.05) is 0 Å². The number of anilines is 1. The lowest BCUT2D eigenvalue weighted by Crippen LogP contribution is -2.20. The second-order valence-corrected chi connectivity index (χ2v) is 7.77. The molecule has 0 aliphatic rings. The summed E-state index contributed by atoms with van der Waals surface area (Å²) < 4.78 is 31.6. The Balaban J connectivity index is 1.89. The van der Waals surface area contributed by atoms with Crippen LogP contribution < -0.4 is 17.0 Å². The summed E-state index contributed by atoms with van der Waals surface area (Å²) in [5, 5.41) is 9.13. The number of primary amides is 1. The summed E-state index contributed by atoms with van der Waals surface area (Å²) in [5.41, 5.74) is 12.0. The second-order valence-electron chi connectivity index (χ2n) is 7.77. The molecule has 0 atom stereocenters. The van der Waals surface area contributed by atoms with E-state index in [-0.39, 0.29) is 53.7 Å². The monoisotopic (exact) mass is 480 g/mol. The maximum absolute atomic E-state index is 14.3. The number of nitrogens with two attached hydrogens (primary N) is 2. The highest BCUT2D eigenvalue weighted by molar-refractivity contribution is 5.96. The van der Waals surface area contributed by atoms with E-state index in [4.69, 9.17) is 16.6 Å². The van der Waals surface area contributed by atoms with Gasteiger partial charge in [0.15, 0.2) is 11.5 Å². The summed E-state index contributed by atoms with van der Waals surface area (Å²) in [5.74, 6) is -2.50. The predicted molar refractivity (Wildman–Crippen MR) is 125 cm³/mol. The normalized spacial score (nSPS) is 11.1. The van der Waals surface area contributed by atoms with Crippen molar-refractivity contribution in [2.75, 3.05) is 12.3 Å². The topological polar surface area (TPSA) is 142 Å². The minimum atomic E-state index is -0.889. The molecule has 1 aromatic carbocycles. The van der Waals surface area contributed by atoms with Gasteiger partial charge in [-0.05, 0) is 36.8 Å². The maximum atomic E-state index is 14.3. The zero-order chi connectivity index (χ0) is 25.1. The van der Waals surface area contributed by atoms with Crippen LogP contribution >= 0.6 is 0 Å². The fourth-order valence-corrected chi connectivity index (χ4v) is 3.72. The van der Waals surface area contributed by atoms with Crippen molar-refractivity contribution in [2.24, 2.45) is 5.73 Å². The summed E-state index contributed by atoms with van der Waals surface area (Å²) in [6.07, 6.45) is 3.50. The van der Waals surface area contributed by atoms with Crippen LogP contribution in [-0.2, 0) is 13.1 Å². The molecule has 0 aliphatic carbocycles. The number of aromatic nitrogens is 4. The minimum Gasteiger partial charge on any atom is -0.396 e. The van der Waals surface area contributed by atoms with Crippen LogP contribution in [0.4, 0.5) is 14.6 Å². The SMILES string of the molecule is NC(=O)c1nc(-c2ccc(=O)n(CCCO)c2)c(-c2cccn2Cc2c(F)cccc2F)nc1N. The summed E-state index contributed by atoms with van der Waals surface area (Å²) in [6.45, 7) is 0.0114. The smallest absolute Gasteiger partial charge is 0.271 e. The summed E-state index contributed by atoms with van der Waals surface area (Å²) in [4.78, 5) is 32.9. The quantitative estimate of drug-likeness (QED) is 0.353. The number of nitrogen functional groups attached to an aromatic ring is 1. The van der Waals surface area contributed by atoms with Crippen molar-refractivity contribution in [3.8, 4) is 22.6 Å². The highest BCUT2D eigenvalue weighted by Gasteiger charge is 2.21. The van der Waals surface area contributed by atoms with E-state index in [0.29, 0.717) is 17.7 Å². The Morgan fingerprint density at radius 1 is 1.00 bits per heavy atom. The molecule has 5 N–H and O–H groups in total. The van der Waals surface area contributed by atoms with Crippen molar-refractivity contribution in [1.82, 2.24) is 19.1 Å². The first-order valence-corrected chi connectivity index (χ1v) is 10.7. The lowest BCUT2D eigenvalue weighted by Gasteiger charge is -2.15. The van der Waals surface area contributed by atoms with E-state index in [9.17, 15) is 18.4 Å². The van der Waals surface area contributed by atoms with Crippen LogP contribution in [0.15, 0.2) is 59.7 Å². The fraction of sp³-hybridized carbons (Fsp3) is 0.167. The van der Waals surface area contributed by atoms with Crippen molar-refractivity contribution in [3.05, 3.63) is 88.1 Å². The summed E-state index contributed by atoms with van der Waals surface area (Å²) in [6, 6.07) is 9.78. The average molecular weight is 480 g/mol. The summed E-state index contributed by atoms with van der Waals surface area (Å²) >= 11 is 0. The predicted octanol–water partition coefficient (Wildman–Crippen LogP) is 2.16. The third-order valence-corrected chi connectivity index (χ3v) is 5.43. The number of carbonyl (C=O) groups excluding carboxylic acids is 1. The van der Waals surface area contributed by atoms with Crippen LogP contribution in [0.5, 0.6) is 0 Å². The van der Waals surface area contributed by atoms with Crippen LogP contribution in [0.2, 0.25) is 0 Å². The first-order valence-electron chi connectivity index (χ1n) is 10.7. The van der Waals surface area contributed by atoms with E-state index < -0.39 is 17.5 Å². The van der Waals surface area contributed by atoms with E-state index in [1.54, 1.807) is 22.9 Å². The van der Waals surface area contributed by atoms with E-state index in [2.05, 4.69) is 9.97 Å². The van der Waals surface area contributed by atoms with Crippen LogP contribution in [0.3, 0.4) is 0 Å². The largest absolute Gasteiger partial charge is 0.396 e. The molecule has 0 fully saturated rings. The number of aryl methyl sites for hydroxylation is 1. The van der Waals surface area contributed by atoms with Crippen molar-refractivity contribution >= 4 is 11.7 Å². The highest BCUT2D eigenvalue weighted by atomic mass is 19.1. The fourth-order valence-electron chi connectivity index (χ4n) is 3.72. The Morgan fingerprint density at radius 3 is 2.43 bits per heavy atom. The van der Waals surface area contributed by atoms with Gasteiger partial charge in [-0.1, -0.05) is 6.07 Å². The first kappa shape index (κ1) is 23.8. The Bertz CT molecular complexity index is 1440. The molecule has 0 saturated carbocycles. The molecule has 4 aromatic rings. The molecule has 4 rings (SSSR count). The van der Waals surface area contributed by atoms with Crippen LogP contribution in [-0.4, -0.2) is 36.7 Å². The van der Waals surface area contributed by atoms with E-state index >= 15 is 0 Å². The molecule has 0 spiro atoms. The number of amides is 1. The van der Waals surface area contributed by atoms with Gasteiger partial charge in [-0.2, -0.15) is 0 Å². The van der Waals surface area contributed by atoms with Crippen LogP contribution in [0, 0.1) is 11.6 Å². The highest BCUT2D eigenvalue weighted by Crippen LogP contribution is 2.31. The van der Waals surface area contributed by atoms with Gasteiger partial charge in [0, 0.05) is 42.7 Å². The zero-order valence-corrected chi connectivity index (χ0v) is 18.5. The molecule has 3 aromatic heterocycles. The van der Waals surface area contributed by atoms with Gasteiger partial charge in [0.2, 0.25) is 0 Å². The molecule has 0 unspecified atom stereocenters. The van der Waals surface area contributed by atoms with Gasteiger partial charge in [-0.25, -0.2) is 18.7 Å². The number of hydrogen-bond acceptors (Lipinski definition) is 6. The number of carbonyl (C=O) groups is 1. The molecular weight excluding hydrogens is 458 g/mol. The Labute approximate surface area is 198 Å². The number of aliphatic hydroxyl groups is 1. The molecular formula is C24H22F2N6O3. The molecule has 0 radical (unpaired) electrons. The molecule has 0 aliphatic heterocycles. The molecule has 180 valence electrons. The molecule has 0 saturated heterocycles. The molecule has 0 bridgehead atoms. The number of benzene rings is 1. The van der Waals surface area contributed by atoms with Crippen LogP contribution in [0.25, 0.3) is 22.6 Å². The van der Waals surface area contributed by atoms with Gasteiger partial charge in [-0.15, -0.1) is 0 Å². The van der Waals surface area contributed by atoms with Gasteiger partial charge in [-0.3, -0.25) is 9.59 Å². The second kappa shape index (κ2) is 9.85. The van der Waals surface area contributed by atoms with Crippen molar-refractivity contribution in [1.29, 1.82) is 0 Å². The van der Waals surface area contributed by atoms with E-state index in [0.717, 1.165) is 0 Å². The third-order valence-electron chi connectivity index (χ3n) is 5.43. The third kappa shape index (κ3) is 4.80. The van der Waals surface area contributed by atoms with Gasteiger partial charge in [0.1, 0.15) is 23.0 Å². The van der Waals surface area contributed by atoms with Crippen LogP contribution in [0.1, 0.15) is 22.5 Å². The molecule has 9 nitrogen and oxygen atoms in total. The number of aliphatic hydroxyl groups excluding tert-OH is 1. The average Bonchev–Trinajstić information content (AvgIpc) is 3.29. The van der Waals surface area contributed by atoms with Crippen molar-refractivity contribution < 1.29 is 18.7 Å². The molecule has 1 amide bonds. The maximum Gasteiger partial charge on any atom is 0.271 e.